The maximum absolute atomic E-state index is 12.9. The maximum Gasteiger partial charge on any atom is 0.251 e. The second-order valence-electron chi connectivity index (χ2n) is 8.23. The van der Waals surface area contributed by atoms with Crippen molar-refractivity contribution in [3.8, 4) is 11.3 Å². The highest BCUT2D eigenvalue weighted by atomic mass is 32.2. The molecule has 8 heteroatoms. The zero-order valence-corrected chi connectivity index (χ0v) is 17.4. The second-order valence-corrected chi connectivity index (χ2v) is 10.1. The number of hydrogen-bond acceptors (Lipinski definition) is 5. The first-order valence-corrected chi connectivity index (χ1v) is 12.0. The van der Waals surface area contributed by atoms with Crippen LogP contribution >= 0.6 is 0 Å². The van der Waals surface area contributed by atoms with Crippen molar-refractivity contribution in [1.29, 1.82) is 0 Å². The minimum Gasteiger partial charge on any atom is -0.355 e. The average molecular weight is 426 g/mol. The van der Waals surface area contributed by atoms with Crippen LogP contribution in [0.15, 0.2) is 53.1 Å². The Morgan fingerprint density at radius 1 is 1.10 bits per heavy atom. The van der Waals surface area contributed by atoms with Crippen molar-refractivity contribution in [1.82, 2.24) is 14.8 Å². The Hall–Kier alpha value is -2.71. The summed E-state index contributed by atoms with van der Waals surface area (Å²) in [7, 11) is -3.21. The fourth-order valence-corrected chi connectivity index (χ4v) is 6.41. The number of nitrogens with zero attached hydrogens (tertiary/aromatic N) is 2. The van der Waals surface area contributed by atoms with Gasteiger partial charge in [-0.2, -0.15) is 4.31 Å². The molecule has 7 nitrogen and oxygen atoms in total. The molecule has 30 heavy (non-hydrogen) atoms. The van der Waals surface area contributed by atoms with Gasteiger partial charge in [0, 0.05) is 29.3 Å². The van der Waals surface area contributed by atoms with Crippen LogP contribution in [0.25, 0.3) is 22.2 Å². The van der Waals surface area contributed by atoms with E-state index in [1.165, 1.54) is 6.26 Å². The molecule has 2 atom stereocenters. The van der Waals surface area contributed by atoms with Crippen molar-refractivity contribution < 1.29 is 17.7 Å². The van der Waals surface area contributed by atoms with E-state index in [4.69, 9.17) is 4.52 Å². The molecule has 5 rings (SSSR count). The zero-order chi connectivity index (χ0) is 20.9. The van der Waals surface area contributed by atoms with Crippen molar-refractivity contribution in [2.45, 2.75) is 43.8 Å². The fraction of sp³-hybridized carbons (Fsp3) is 0.364. The summed E-state index contributed by atoms with van der Waals surface area (Å²) in [5.41, 5.74) is 2.15. The summed E-state index contributed by atoms with van der Waals surface area (Å²) in [6.45, 7) is 0. The van der Waals surface area contributed by atoms with Gasteiger partial charge in [-0.3, -0.25) is 4.79 Å². The predicted molar refractivity (Wildman–Crippen MR) is 113 cm³/mol. The quantitative estimate of drug-likeness (QED) is 0.693. The van der Waals surface area contributed by atoms with Crippen LogP contribution in [0.1, 0.15) is 36.0 Å². The Bertz CT molecular complexity index is 1190. The molecule has 1 N–H and O–H groups in total. The van der Waals surface area contributed by atoms with E-state index in [1.54, 1.807) is 16.4 Å². The summed E-state index contributed by atoms with van der Waals surface area (Å²) < 4.78 is 31.3. The minimum atomic E-state index is -3.21. The number of amides is 1. The van der Waals surface area contributed by atoms with Crippen LogP contribution in [-0.2, 0) is 10.0 Å². The van der Waals surface area contributed by atoms with Crippen LogP contribution < -0.4 is 5.32 Å². The zero-order valence-electron chi connectivity index (χ0n) is 16.6. The third-order valence-corrected chi connectivity index (χ3v) is 7.52. The number of carbonyl (C=O) groups excluding carboxylic acids is 1. The van der Waals surface area contributed by atoms with Gasteiger partial charge < -0.3 is 9.84 Å². The number of nitrogens with one attached hydrogen (secondary N) is 1. The molecule has 2 aliphatic heterocycles. The summed E-state index contributed by atoms with van der Waals surface area (Å²) >= 11 is 0. The van der Waals surface area contributed by atoms with Gasteiger partial charge in [0.25, 0.3) is 5.91 Å². The normalized spacial score (nSPS) is 24.2. The number of fused-ring (bicyclic) bond motifs is 3. The molecular formula is C22H23N3O4S. The molecule has 0 saturated carbocycles. The molecular weight excluding hydrogens is 402 g/mol. The third kappa shape index (κ3) is 3.40. The van der Waals surface area contributed by atoms with E-state index in [1.807, 2.05) is 36.4 Å². The van der Waals surface area contributed by atoms with Gasteiger partial charge in [0.2, 0.25) is 10.0 Å². The van der Waals surface area contributed by atoms with Gasteiger partial charge in [0.1, 0.15) is 5.52 Å². The number of aromatic nitrogens is 1. The SMILES string of the molecule is CS(=O)(=O)N1C2CCC1CC(NC(=O)c1ccc3noc(-c4ccccc4)c3c1)C2. The Balaban J connectivity index is 1.36. The number of piperidine rings is 1. The van der Waals surface area contributed by atoms with Crippen LogP contribution in [0, 0.1) is 0 Å². The average Bonchev–Trinajstić information content (AvgIpc) is 3.27. The number of carbonyl (C=O) groups is 1. The van der Waals surface area contributed by atoms with Crippen molar-refractivity contribution in [3.63, 3.8) is 0 Å². The molecule has 1 aromatic heterocycles. The van der Waals surface area contributed by atoms with Gasteiger partial charge in [-0.25, -0.2) is 8.42 Å². The highest BCUT2D eigenvalue weighted by Gasteiger charge is 2.45. The molecule has 3 heterocycles. The minimum absolute atomic E-state index is 0.0192. The molecule has 1 amide bonds. The van der Waals surface area contributed by atoms with Crippen molar-refractivity contribution in [2.24, 2.45) is 0 Å². The lowest BCUT2D eigenvalue weighted by molar-refractivity contribution is 0.0909. The number of hydrogen-bond donors (Lipinski definition) is 1. The van der Waals surface area contributed by atoms with E-state index in [9.17, 15) is 13.2 Å². The van der Waals surface area contributed by atoms with Gasteiger partial charge in [0.15, 0.2) is 5.76 Å². The summed E-state index contributed by atoms with van der Waals surface area (Å²) in [5.74, 6) is 0.481. The molecule has 2 bridgehead atoms. The number of sulfonamides is 1. The molecule has 2 fully saturated rings. The first-order chi connectivity index (χ1) is 14.4. The summed E-state index contributed by atoms with van der Waals surface area (Å²) in [6.07, 6.45) is 4.30. The highest BCUT2D eigenvalue weighted by Crippen LogP contribution is 2.37. The summed E-state index contributed by atoms with van der Waals surface area (Å²) in [6, 6.07) is 15.0. The Morgan fingerprint density at radius 2 is 1.80 bits per heavy atom. The van der Waals surface area contributed by atoms with E-state index in [0.29, 0.717) is 29.7 Å². The van der Waals surface area contributed by atoms with Crippen molar-refractivity contribution >= 4 is 26.8 Å². The third-order valence-electron chi connectivity index (χ3n) is 6.16. The van der Waals surface area contributed by atoms with Crippen LogP contribution in [0.3, 0.4) is 0 Å². The molecule has 2 aromatic carbocycles. The Labute approximate surface area is 175 Å². The first-order valence-electron chi connectivity index (χ1n) is 10.1. The lowest BCUT2D eigenvalue weighted by atomic mass is 9.99. The van der Waals surface area contributed by atoms with Gasteiger partial charge >= 0.3 is 0 Å². The van der Waals surface area contributed by atoms with Crippen molar-refractivity contribution in [2.75, 3.05) is 6.26 Å². The Kier molecular flexibility index (Phi) is 4.63. The van der Waals surface area contributed by atoms with Crippen LogP contribution in [0.5, 0.6) is 0 Å². The van der Waals surface area contributed by atoms with Crippen LogP contribution in [-0.4, -0.2) is 48.2 Å². The first kappa shape index (κ1) is 19.3. The van der Waals surface area contributed by atoms with E-state index in [-0.39, 0.29) is 24.0 Å². The van der Waals surface area contributed by atoms with Gasteiger partial charge in [-0.05, 0) is 43.9 Å². The standard InChI is InChI=1S/C22H23N3O4S/c1-30(27,28)25-17-8-9-18(25)13-16(12-17)23-22(26)15-7-10-20-19(11-15)21(29-24-20)14-5-3-2-4-6-14/h2-7,10-11,16-18H,8-9,12-13H2,1H3,(H,23,26). The lowest BCUT2D eigenvalue weighted by Crippen LogP contribution is -2.52. The summed E-state index contributed by atoms with van der Waals surface area (Å²) in [5, 5.41) is 8.01. The molecule has 0 aliphatic carbocycles. The second kappa shape index (κ2) is 7.21. The van der Waals surface area contributed by atoms with E-state index < -0.39 is 10.0 Å². The fourth-order valence-electron chi connectivity index (χ4n) is 4.94. The largest absolute Gasteiger partial charge is 0.355 e. The molecule has 2 aliphatic rings. The predicted octanol–water partition coefficient (Wildman–Crippen LogP) is 3.18. The summed E-state index contributed by atoms with van der Waals surface area (Å²) in [4.78, 5) is 12.9. The monoisotopic (exact) mass is 425 g/mol. The molecule has 2 unspecified atom stereocenters. The molecule has 2 saturated heterocycles. The molecule has 3 aromatic rings. The lowest BCUT2D eigenvalue weighted by Gasteiger charge is -2.37. The van der Waals surface area contributed by atoms with Gasteiger partial charge in [-0.1, -0.05) is 35.5 Å². The van der Waals surface area contributed by atoms with E-state index in [0.717, 1.165) is 23.8 Å². The van der Waals surface area contributed by atoms with E-state index in [2.05, 4.69) is 10.5 Å². The van der Waals surface area contributed by atoms with Crippen LogP contribution in [0.2, 0.25) is 0 Å². The number of rotatable bonds is 4. The van der Waals surface area contributed by atoms with Crippen LogP contribution in [0.4, 0.5) is 0 Å². The van der Waals surface area contributed by atoms with Gasteiger partial charge in [-0.15, -0.1) is 0 Å². The Morgan fingerprint density at radius 3 is 2.47 bits per heavy atom. The van der Waals surface area contributed by atoms with E-state index >= 15 is 0 Å². The highest BCUT2D eigenvalue weighted by molar-refractivity contribution is 7.88. The van der Waals surface area contributed by atoms with Gasteiger partial charge in [0.05, 0.1) is 11.6 Å². The molecule has 156 valence electrons. The number of benzene rings is 2. The molecule has 0 spiro atoms. The smallest absolute Gasteiger partial charge is 0.251 e. The van der Waals surface area contributed by atoms with Crippen molar-refractivity contribution in [3.05, 3.63) is 54.1 Å². The maximum atomic E-state index is 12.9. The molecule has 0 radical (unpaired) electrons. The topological polar surface area (TPSA) is 92.5 Å².